The number of aryl methyl sites for hydroxylation is 2. The third-order valence-corrected chi connectivity index (χ3v) is 3.82. The van der Waals surface area contributed by atoms with Gasteiger partial charge in [-0.3, -0.25) is 4.79 Å². The Kier molecular flexibility index (Phi) is 4.33. The minimum atomic E-state index is -0.379. The Morgan fingerprint density at radius 1 is 1.33 bits per heavy atom. The van der Waals surface area contributed by atoms with E-state index in [-0.39, 0.29) is 24.0 Å². The standard InChI is InChI=1S/C17H19N5O2/c1-11-5-6-12(2)13(8-11)10-22-16(18)15(20-21-22)17(23)19-9-14-4-3-7-24-14/h3-8H,9-10,18H2,1-2H3,(H,19,23). The second-order valence-corrected chi connectivity index (χ2v) is 5.67. The number of aromatic nitrogens is 3. The molecular weight excluding hydrogens is 306 g/mol. The van der Waals surface area contributed by atoms with Crippen molar-refractivity contribution in [3.8, 4) is 0 Å². The van der Waals surface area contributed by atoms with E-state index in [2.05, 4.69) is 33.8 Å². The van der Waals surface area contributed by atoms with E-state index in [1.807, 2.05) is 13.8 Å². The number of hydrogen-bond acceptors (Lipinski definition) is 5. The highest BCUT2D eigenvalue weighted by atomic mass is 16.3. The van der Waals surface area contributed by atoms with Gasteiger partial charge in [-0.05, 0) is 37.1 Å². The summed E-state index contributed by atoms with van der Waals surface area (Å²) >= 11 is 0. The van der Waals surface area contributed by atoms with E-state index in [0.29, 0.717) is 12.3 Å². The van der Waals surface area contributed by atoms with Crippen molar-refractivity contribution in [2.75, 3.05) is 5.73 Å². The van der Waals surface area contributed by atoms with Crippen LogP contribution in [0.2, 0.25) is 0 Å². The number of carbonyl (C=O) groups excluding carboxylic acids is 1. The van der Waals surface area contributed by atoms with E-state index in [1.54, 1.807) is 18.4 Å². The third kappa shape index (κ3) is 3.29. The molecule has 1 amide bonds. The average Bonchev–Trinajstić information content (AvgIpc) is 3.19. The minimum Gasteiger partial charge on any atom is -0.467 e. The Morgan fingerprint density at radius 3 is 2.92 bits per heavy atom. The lowest BCUT2D eigenvalue weighted by atomic mass is 10.1. The van der Waals surface area contributed by atoms with Gasteiger partial charge in [-0.2, -0.15) is 0 Å². The van der Waals surface area contributed by atoms with Gasteiger partial charge >= 0.3 is 0 Å². The van der Waals surface area contributed by atoms with Gasteiger partial charge in [0.2, 0.25) is 0 Å². The molecule has 3 rings (SSSR count). The van der Waals surface area contributed by atoms with Crippen molar-refractivity contribution >= 4 is 11.7 Å². The molecule has 0 unspecified atom stereocenters. The highest BCUT2D eigenvalue weighted by molar-refractivity contribution is 5.96. The lowest BCUT2D eigenvalue weighted by Gasteiger charge is -2.08. The molecule has 0 aliphatic rings. The number of nitrogens with two attached hydrogens (primary N) is 1. The second kappa shape index (κ2) is 6.57. The number of furan rings is 1. The molecule has 7 heteroatoms. The molecule has 0 atom stereocenters. The number of carbonyl (C=O) groups is 1. The van der Waals surface area contributed by atoms with Crippen molar-refractivity contribution in [3.63, 3.8) is 0 Å². The van der Waals surface area contributed by atoms with Crippen molar-refractivity contribution in [1.29, 1.82) is 0 Å². The van der Waals surface area contributed by atoms with Crippen LogP contribution in [0.1, 0.15) is 32.9 Å². The van der Waals surface area contributed by atoms with Crippen molar-refractivity contribution in [1.82, 2.24) is 20.3 Å². The smallest absolute Gasteiger partial charge is 0.276 e. The van der Waals surface area contributed by atoms with Gasteiger partial charge in [0.1, 0.15) is 5.76 Å². The highest BCUT2D eigenvalue weighted by Crippen LogP contribution is 2.15. The van der Waals surface area contributed by atoms with E-state index >= 15 is 0 Å². The first kappa shape index (κ1) is 15.8. The molecule has 2 heterocycles. The van der Waals surface area contributed by atoms with E-state index in [0.717, 1.165) is 16.7 Å². The predicted molar refractivity (Wildman–Crippen MR) is 89.3 cm³/mol. The Labute approximate surface area is 139 Å². The fourth-order valence-electron chi connectivity index (χ4n) is 2.40. The summed E-state index contributed by atoms with van der Waals surface area (Å²) in [4.78, 5) is 12.2. The molecule has 124 valence electrons. The van der Waals surface area contributed by atoms with E-state index < -0.39 is 0 Å². The molecule has 0 spiro atoms. The highest BCUT2D eigenvalue weighted by Gasteiger charge is 2.18. The number of benzene rings is 1. The Morgan fingerprint density at radius 2 is 2.17 bits per heavy atom. The lowest BCUT2D eigenvalue weighted by Crippen LogP contribution is -2.24. The summed E-state index contributed by atoms with van der Waals surface area (Å²) in [5, 5.41) is 10.6. The van der Waals surface area contributed by atoms with Crippen LogP contribution < -0.4 is 11.1 Å². The Hall–Kier alpha value is -3.09. The van der Waals surface area contributed by atoms with Crippen molar-refractivity contribution < 1.29 is 9.21 Å². The molecule has 3 aromatic rings. The second-order valence-electron chi connectivity index (χ2n) is 5.67. The van der Waals surface area contributed by atoms with Crippen LogP contribution in [0.3, 0.4) is 0 Å². The summed E-state index contributed by atoms with van der Waals surface area (Å²) in [7, 11) is 0. The number of rotatable bonds is 5. The molecule has 2 aromatic heterocycles. The zero-order valence-electron chi connectivity index (χ0n) is 13.6. The first-order valence-corrected chi connectivity index (χ1v) is 7.60. The van der Waals surface area contributed by atoms with Crippen LogP contribution in [-0.4, -0.2) is 20.9 Å². The summed E-state index contributed by atoms with van der Waals surface area (Å²) in [6, 6.07) is 9.72. The molecule has 1 aromatic carbocycles. The Balaban J connectivity index is 1.73. The molecule has 0 saturated heterocycles. The van der Waals surface area contributed by atoms with Crippen LogP contribution in [0, 0.1) is 13.8 Å². The van der Waals surface area contributed by atoms with E-state index in [4.69, 9.17) is 10.2 Å². The maximum Gasteiger partial charge on any atom is 0.276 e. The first-order valence-electron chi connectivity index (χ1n) is 7.60. The third-order valence-electron chi connectivity index (χ3n) is 3.82. The van der Waals surface area contributed by atoms with Gasteiger partial charge < -0.3 is 15.5 Å². The first-order chi connectivity index (χ1) is 11.5. The number of nitrogens with one attached hydrogen (secondary N) is 1. The zero-order chi connectivity index (χ0) is 17.1. The van der Waals surface area contributed by atoms with Gasteiger partial charge in [0, 0.05) is 0 Å². The zero-order valence-corrected chi connectivity index (χ0v) is 13.6. The monoisotopic (exact) mass is 325 g/mol. The molecule has 0 aliphatic carbocycles. The fraction of sp³-hybridized carbons (Fsp3) is 0.235. The van der Waals surface area contributed by atoms with Gasteiger partial charge in [-0.15, -0.1) is 5.10 Å². The van der Waals surface area contributed by atoms with Crippen LogP contribution in [0.15, 0.2) is 41.0 Å². The number of anilines is 1. The average molecular weight is 325 g/mol. The van der Waals surface area contributed by atoms with Crippen molar-refractivity contribution in [3.05, 3.63) is 64.7 Å². The summed E-state index contributed by atoms with van der Waals surface area (Å²) in [6.45, 7) is 4.80. The molecule has 24 heavy (non-hydrogen) atoms. The maximum absolute atomic E-state index is 12.2. The molecule has 3 N–H and O–H groups in total. The topological polar surface area (TPSA) is 99.0 Å². The van der Waals surface area contributed by atoms with Crippen LogP contribution in [0.25, 0.3) is 0 Å². The summed E-state index contributed by atoms with van der Waals surface area (Å²) in [6.07, 6.45) is 1.55. The van der Waals surface area contributed by atoms with Crippen LogP contribution in [0.4, 0.5) is 5.82 Å². The Bertz CT molecular complexity index is 852. The van der Waals surface area contributed by atoms with E-state index in [1.165, 1.54) is 4.68 Å². The minimum absolute atomic E-state index is 0.117. The number of amides is 1. The van der Waals surface area contributed by atoms with Gasteiger partial charge in [-0.1, -0.05) is 29.0 Å². The van der Waals surface area contributed by atoms with Gasteiger partial charge in [0.15, 0.2) is 11.5 Å². The predicted octanol–water partition coefficient (Wildman–Crippen LogP) is 2.05. The molecule has 0 saturated carbocycles. The van der Waals surface area contributed by atoms with Crippen molar-refractivity contribution in [2.24, 2.45) is 0 Å². The van der Waals surface area contributed by atoms with Crippen LogP contribution in [0.5, 0.6) is 0 Å². The largest absolute Gasteiger partial charge is 0.467 e. The summed E-state index contributed by atoms with van der Waals surface area (Å²) in [5.41, 5.74) is 9.55. The lowest BCUT2D eigenvalue weighted by molar-refractivity contribution is 0.0944. The number of hydrogen-bond donors (Lipinski definition) is 2. The van der Waals surface area contributed by atoms with Gasteiger partial charge in [0.05, 0.1) is 19.4 Å². The molecule has 0 bridgehead atoms. The number of nitrogens with zero attached hydrogens (tertiary/aromatic N) is 3. The normalized spacial score (nSPS) is 10.8. The van der Waals surface area contributed by atoms with Crippen LogP contribution >= 0.6 is 0 Å². The fourth-order valence-corrected chi connectivity index (χ4v) is 2.40. The molecule has 0 fully saturated rings. The van der Waals surface area contributed by atoms with Gasteiger partial charge in [-0.25, -0.2) is 4.68 Å². The molecule has 0 aliphatic heterocycles. The summed E-state index contributed by atoms with van der Waals surface area (Å²) < 4.78 is 6.70. The SMILES string of the molecule is Cc1ccc(C)c(Cn2nnc(C(=O)NCc3ccco3)c2N)c1. The van der Waals surface area contributed by atoms with Crippen molar-refractivity contribution in [2.45, 2.75) is 26.9 Å². The molecule has 0 radical (unpaired) electrons. The number of nitrogen functional groups attached to an aromatic ring is 1. The van der Waals surface area contributed by atoms with E-state index in [9.17, 15) is 4.79 Å². The molecule has 7 nitrogen and oxygen atoms in total. The quantitative estimate of drug-likeness (QED) is 0.748. The van der Waals surface area contributed by atoms with Crippen LogP contribution in [-0.2, 0) is 13.1 Å². The summed E-state index contributed by atoms with van der Waals surface area (Å²) in [5.74, 6) is 0.522. The van der Waals surface area contributed by atoms with Gasteiger partial charge in [0.25, 0.3) is 5.91 Å². The molecular formula is C17H19N5O2. The maximum atomic E-state index is 12.2.